The molecule has 2 amide bonds. The van der Waals surface area contributed by atoms with Gasteiger partial charge in [-0.1, -0.05) is 35.9 Å². The van der Waals surface area contributed by atoms with E-state index in [4.69, 9.17) is 0 Å². The monoisotopic (exact) mass is 367 g/mol. The van der Waals surface area contributed by atoms with Crippen LogP contribution >= 0.6 is 11.8 Å². The van der Waals surface area contributed by atoms with E-state index in [1.54, 1.807) is 0 Å². The third kappa shape index (κ3) is 4.89. The Labute approximate surface area is 156 Å². The highest BCUT2D eigenvalue weighted by Gasteiger charge is 2.07. The minimum absolute atomic E-state index is 0.212. The number of amides is 2. The molecule has 3 aromatic rings. The van der Waals surface area contributed by atoms with Gasteiger partial charge in [-0.05, 0) is 36.6 Å². The molecular weight excluding hydrogens is 346 g/mol. The van der Waals surface area contributed by atoms with Crippen LogP contribution in [0.15, 0.2) is 65.7 Å². The molecule has 0 saturated carbocycles. The zero-order valence-electron chi connectivity index (χ0n) is 14.6. The predicted octanol–water partition coefficient (Wildman–Crippen LogP) is 3.28. The van der Waals surface area contributed by atoms with Gasteiger partial charge in [-0.25, -0.2) is 0 Å². The Morgan fingerprint density at radius 1 is 0.962 bits per heavy atom. The molecule has 2 N–H and O–H groups in total. The van der Waals surface area contributed by atoms with Crippen molar-refractivity contribution in [2.45, 2.75) is 24.8 Å². The minimum Gasteiger partial charge on any atom is -0.347 e. The zero-order valence-corrected chi connectivity index (χ0v) is 15.4. The Kier molecular flexibility index (Phi) is 5.96. The molecule has 0 unspecified atom stereocenters. The molecule has 0 fully saturated rings. The Hall–Kier alpha value is -2.73. The van der Waals surface area contributed by atoms with Gasteiger partial charge in [0.2, 0.25) is 11.8 Å². The van der Waals surface area contributed by atoms with E-state index in [0.29, 0.717) is 13.0 Å². The Morgan fingerprint density at radius 3 is 2.50 bits per heavy atom. The molecule has 26 heavy (non-hydrogen) atoms. The predicted molar refractivity (Wildman–Crippen MR) is 105 cm³/mol. The van der Waals surface area contributed by atoms with Crippen LogP contribution in [-0.4, -0.2) is 22.1 Å². The number of para-hydroxylation sites is 1. The summed E-state index contributed by atoms with van der Waals surface area (Å²) in [5.41, 5.74) is 7.21. The molecule has 134 valence electrons. The van der Waals surface area contributed by atoms with Crippen molar-refractivity contribution < 1.29 is 9.59 Å². The van der Waals surface area contributed by atoms with Gasteiger partial charge in [-0.15, -0.1) is 11.8 Å². The Balaban J connectivity index is 1.39. The molecule has 0 radical (unpaired) electrons. The normalized spacial score (nSPS) is 10.7. The van der Waals surface area contributed by atoms with E-state index in [0.717, 1.165) is 15.8 Å². The largest absolute Gasteiger partial charge is 0.347 e. The van der Waals surface area contributed by atoms with Gasteiger partial charge in [0.1, 0.15) is 0 Å². The van der Waals surface area contributed by atoms with Crippen molar-refractivity contribution in [2.24, 2.45) is 0 Å². The molecule has 1 aromatic heterocycles. The molecule has 6 heteroatoms. The molecule has 0 spiro atoms. The number of thioether (sulfide) groups is 1. The number of nitrogens with one attached hydrogen (secondary N) is 2. The summed E-state index contributed by atoms with van der Waals surface area (Å²) in [4.78, 5) is 24.8. The number of carbonyl (C=O) groups is 2. The van der Waals surface area contributed by atoms with Crippen LogP contribution in [0.1, 0.15) is 12.0 Å². The fourth-order valence-corrected chi connectivity index (χ4v) is 3.28. The second kappa shape index (κ2) is 8.58. The highest BCUT2D eigenvalue weighted by molar-refractivity contribution is 8.00. The topological polar surface area (TPSA) is 63.1 Å². The summed E-state index contributed by atoms with van der Waals surface area (Å²) in [5, 5.41) is 1.15. The van der Waals surface area contributed by atoms with Crippen LogP contribution in [0.3, 0.4) is 0 Å². The van der Waals surface area contributed by atoms with E-state index in [1.165, 1.54) is 17.3 Å². The van der Waals surface area contributed by atoms with Gasteiger partial charge in [0.05, 0.1) is 5.75 Å². The average molecular weight is 367 g/mol. The molecular formula is C20H21N3O2S. The van der Waals surface area contributed by atoms with Crippen molar-refractivity contribution in [3.05, 3.63) is 66.4 Å². The van der Waals surface area contributed by atoms with Crippen molar-refractivity contribution in [2.75, 3.05) is 5.75 Å². The number of hydrogen-bond acceptors (Lipinski definition) is 3. The van der Waals surface area contributed by atoms with Crippen LogP contribution < -0.4 is 10.9 Å². The first-order chi connectivity index (χ1) is 12.6. The molecule has 0 aliphatic carbocycles. The number of rotatable bonds is 6. The molecule has 3 rings (SSSR count). The van der Waals surface area contributed by atoms with Crippen molar-refractivity contribution in [3.8, 4) is 0 Å². The van der Waals surface area contributed by atoms with Crippen molar-refractivity contribution in [1.82, 2.24) is 15.4 Å². The van der Waals surface area contributed by atoms with Crippen LogP contribution in [0, 0.1) is 6.92 Å². The van der Waals surface area contributed by atoms with E-state index in [2.05, 4.69) is 10.9 Å². The third-order valence-electron chi connectivity index (χ3n) is 3.99. The summed E-state index contributed by atoms with van der Waals surface area (Å²) in [6, 6.07) is 18.0. The summed E-state index contributed by atoms with van der Waals surface area (Å²) in [5.74, 6) is -0.183. The number of hydrogen-bond donors (Lipinski definition) is 2. The van der Waals surface area contributed by atoms with Gasteiger partial charge in [0, 0.05) is 29.6 Å². The summed E-state index contributed by atoms with van der Waals surface area (Å²) in [6.07, 6.45) is 2.26. The first-order valence-electron chi connectivity index (χ1n) is 8.43. The lowest BCUT2D eigenvalue weighted by Gasteiger charge is -2.08. The van der Waals surface area contributed by atoms with E-state index in [9.17, 15) is 9.59 Å². The number of benzene rings is 2. The van der Waals surface area contributed by atoms with Gasteiger partial charge in [-0.2, -0.15) is 0 Å². The smallest absolute Gasteiger partial charge is 0.248 e. The maximum Gasteiger partial charge on any atom is 0.248 e. The lowest BCUT2D eigenvalue weighted by atomic mass is 10.2. The van der Waals surface area contributed by atoms with Gasteiger partial charge in [0.15, 0.2) is 0 Å². The maximum absolute atomic E-state index is 11.9. The molecule has 0 bridgehead atoms. The Bertz CT molecular complexity index is 903. The van der Waals surface area contributed by atoms with Crippen LogP contribution in [0.2, 0.25) is 0 Å². The quantitative estimate of drug-likeness (QED) is 0.519. The maximum atomic E-state index is 11.9. The summed E-state index contributed by atoms with van der Waals surface area (Å²) >= 11 is 1.43. The number of hydrazine groups is 1. The van der Waals surface area contributed by atoms with Gasteiger partial charge >= 0.3 is 0 Å². The SMILES string of the molecule is Cc1ccc(SCC(=O)NNC(=O)CCn2ccc3ccccc32)cc1. The Morgan fingerprint density at radius 2 is 1.69 bits per heavy atom. The van der Waals surface area contributed by atoms with Crippen molar-refractivity contribution in [1.29, 1.82) is 0 Å². The van der Waals surface area contributed by atoms with E-state index in [-0.39, 0.29) is 17.6 Å². The second-order valence-corrected chi connectivity index (χ2v) is 7.06. The second-order valence-electron chi connectivity index (χ2n) is 6.02. The van der Waals surface area contributed by atoms with Crippen molar-refractivity contribution in [3.63, 3.8) is 0 Å². The lowest BCUT2D eigenvalue weighted by Crippen LogP contribution is -2.42. The molecule has 5 nitrogen and oxygen atoms in total. The fraction of sp³-hybridized carbons (Fsp3) is 0.200. The van der Waals surface area contributed by atoms with Crippen LogP contribution in [0.4, 0.5) is 0 Å². The summed E-state index contributed by atoms with van der Waals surface area (Å²) in [6.45, 7) is 2.58. The van der Waals surface area contributed by atoms with E-state index < -0.39 is 0 Å². The highest BCUT2D eigenvalue weighted by Crippen LogP contribution is 2.17. The highest BCUT2D eigenvalue weighted by atomic mass is 32.2. The zero-order chi connectivity index (χ0) is 18.4. The standard InChI is InChI=1S/C20H21N3O2S/c1-15-6-8-17(9-7-15)26-14-20(25)22-21-19(24)11-13-23-12-10-16-4-2-3-5-18(16)23/h2-10,12H,11,13-14H2,1H3,(H,21,24)(H,22,25). The number of aromatic nitrogens is 1. The molecule has 0 saturated heterocycles. The average Bonchev–Trinajstić information content (AvgIpc) is 3.07. The number of nitrogens with zero attached hydrogens (tertiary/aromatic N) is 1. The molecule has 0 aliphatic rings. The number of carbonyl (C=O) groups excluding carboxylic acids is 2. The molecule has 2 aromatic carbocycles. The first-order valence-corrected chi connectivity index (χ1v) is 9.41. The molecule has 0 aliphatic heterocycles. The van der Waals surface area contributed by atoms with E-state index >= 15 is 0 Å². The van der Waals surface area contributed by atoms with Gasteiger partial charge in [-0.3, -0.25) is 20.4 Å². The van der Waals surface area contributed by atoms with Crippen LogP contribution in [-0.2, 0) is 16.1 Å². The lowest BCUT2D eigenvalue weighted by molar-refractivity contribution is -0.127. The minimum atomic E-state index is -0.227. The van der Waals surface area contributed by atoms with Gasteiger partial charge < -0.3 is 4.57 Å². The van der Waals surface area contributed by atoms with Gasteiger partial charge in [0.25, 0.3) is 0 Å². The summed E-state index contributed by atoms with van der Waals surface area (Å²) in [7, 11) is 0. The third-order valence-corrected chi connectivity index (χ3v) is 5.00. The van der Waals surface area contributed by atoms with Crippen LogP contribution in [0.25, 0.3) is 10.9 Å². The number of fused-ring (bicyclic) bond motifs is 1. The summed E-state index contributed by atoms with van der Waals surface area (Å²) < 4.78 is 2.03. The fourth-order valence-electron chi connectivity index (χ4n) is 2.58. The molecule has 1 heterocycles. The van der Waals surface area contributed by atoms with Crippen molar-refractivity contribution >= 4 is 34.5 Å². The number of aryl methyl sites for hydroxylation is 2. The van der Waals surface area contributed by atoms with Crippen LogP contribution in [0.5, 0.6) is 0 Å². The molecule has 0 atom stereocenters. The first kappa shape index (κ1) is 18.1. The van der Waals surface area contributed by atoms with E-state index in [1.807, 2.05) is 72.3 Å².